The van der Waals surface area contributed by atoms with E-state index in [1.165, 1.54) is 19.3 Å². The Morgan fingerprint density at radius 2 is 1.82 bits per heavy atom. The van der Waals surface area contributed by atoms with Gasteiger partial charge in [-0.1, -0.05) is 33.3 Å². The van der Waals surface area contributed by atoms with E-state index in [4.69, 9.17) is 0 Å². The first-order chi connectivity index (χ1) is 9.95. The molecule has 0 aromatic heterocycles. The Labute approximate surface area is 137 Å². The highest BCUT2D eigenvalue weighted by Crippen LogP contribution is 2.63. The van der Waals surface area contributed by atoms with Crippen molar-refractivity contribution in [1.82, 2.24) is 0 Å². The minimum atomic E-state index is -0.830. The Balaban J connectivity index is 2.28. The lowest BCUT2D eigenvalue weighted by atomic mass is 9.45. The number of hydrogen-bond donors (Lipinski definition) is 2. The molecule has 2 aliphatic carbocycles. The summed E-state index contributed by atoms with van der Waals surface area (Å²) in [5.74, 6) is 0.928. The highest BCUT2D eigenvalue weighted by molar-refractivity contribution is 5.08. The summed E-state index contributed by atoms with van der Waals surface area (Å²) in [4.78, 5) is 0. The van der Waals surface area contributed by atoms with Crippen LogP contribution in [0.25, 0.3) is 0 Å². The summed E-state index contributed by atoms with van der Waals surface area (Å²) in [6, 6.07) is 0. The normalized spacial score (nSPS) is 44.0. The molecule has 2 aliphatic rings. The number of fused-ring (bicyclic) bond motifs is 1. The highest BCUT2D eigenvalue weighted by Gasteiger charge is 2.57. The van der Waals surface area contributed by atoms with Gasteiger partial charge < -0.3 is 10.2 Å². The summed E-state index contributed by atoms with van der Waals surface area (Å²) in [6.07, 6.45) is 8.96. The molecule has 0 unspecified atom stereocenters. The van der Waals surface area contributed by atoms with E-state index in [0.29, 0.717) is 17.8 Å². The van der Waals surface area contributed by atoms with E-state index in [-0.39, 0.29) is 11.3 Å². The van der Waals surface area contributed by atoms with Gasteiger partial charge in [-0.05, 0) is 75.0 Å². The van der Waals surface area contributed by atoms with Crippen LogP contribution >= 0.6 is 0 Å². The third kappa shape index (κ3) is 3.14. The third-order valence-electron chi connectivity index (χ3n) is 7.14. The molecule has 0 aliphatic heterocycles. The summed E-state index contributed by atoms with van der Waals surface area (Å²) in [7, 11) is 0. The molecule has 2 saturated carbocycles. The molecule has 0 aromatic carbocycles. The van der Waals surface area contributed by atoms with Gasteiger partial charge >= 0.3 is 0 Å². The zero-order chi connectivity index (χ0) is 16.8. The van der Waals surface area contributed by atoms with Crippen LogP contribution < -0.4 is 0 Å². The van der Waals surface area contributed by atoms with Crippen LogP contribution in [0.15, 0.2) is 12.7 Å². The molecule has 0 spiro atoms. The lowest BCUT2D eigenvalue weighted by Crippen LogP contribution is -2.57. The van der Waals surface area contributed by atoms with E-state index in [9.17, 15) is 10.2 Å². The summed E-state index contributed by atoms with van der Waals surface area (Å²) in [5.41, 5.74) is -0.900. The SMILES string of the molecule is C=C[C@@](C)(O)CC[C@H]1[C@@]2(C)CCCC(C)(C)[C@H]2CC[C@@]1(C)O. The first kappa shape index (κ1) is 18.0. The quantitative estimate of drug-likeness (QED) is 0.739. The fourth-order valence-electron chi connectivity index (χ4n) is 5.80. The average Bonchev–Trinajstić information content (AvgIpc) is 2.35. The smallest absolute Gasteiger partial charge is 0.0797 e. The molecule has 0 aromatic rings. The molecular weight excluding hydrogens is 272 g/mol. The van der Waals surface area contributed by atoms with Crippen molar-refractivity contribution in [1.29, 1.82) is 0 Å². The van der Waals surface area contributed by atoms with Crippen LogP contribution in [0.1, 0.15) is 79.6 Å². The molecule has 5 atom stereocenters. The maximum absolute atomic E-state index is 11.1. The molecule has 2 nitrogen and oxygen atoms in total. The van der Waals surface area contributed by atoms with E-state index in [1.54, 1.807) is 6.08 Å². The molecule has 0 heterocycles. The standard InChI is InChI=1S/C20H36O2/c1-7-18(4,21)13-9-16-19(5)12-8-11-17(2,3)15(19)10-14-20(16,6)22/h7,15-16,21-22H,1,8-14H2,2-6H3/t15-,16+,18-,19+,20-/m1/s1. The van der Waals surface area contributed by atoms with Crippen molar-refractivity contribution in [2.75, 3.05) is 0 Å². The highest BCUT2D eigenvalue weighted by atomic mass is 16.3. The Morgan fingerprint density at radius 1 is 1.18 bits per heavy atom. The van der Waals surface area contributed by atoms with Crippen LogP contribution in [0.4, 0.5) is 0 Å². The molecular formula is C20H36O2. The molecule has 0 bridgehead atoms. The van der Waals surface area contributed by atoms with Gasteiger partial charge in [0.25, 0.3) is 0 Å². The van der Waals surface area contributed by atoms with E-state index < -0.39 is 11.2 Å². The van der Waals surface area contributed by atoms with Crippen molar-refractivity contribution in [2.24, 2.45) is 22.7 Å². The second-order valence-corrected chi connectivity index (χ2v) is 9.45. The first-order valence-corrected chi connectivity index (χ1v) is 9.03. The van der Waals surface area contributed by atoms with Gasteiger partial charge in [0.05, 0.1) is 11.2 Å². The second-order valence-electron chi connectivity index (χ2n) is 9.45. The predicted octanol–water partition coefficient (Wildman–Crippen LogP) is 4.70. The predicted molar refractivity (Wildman–Crippen MR) is 92.6 cm³/mol. The van der Waals surface area contributed by atoms with Gasteiger partial charge in [0.2, 0.25) is 0 Å². The summed E-state index contributed by atoms with van der Waals surface area (Å²) in [6.45, 7) is 14.8. The van der Waals surface area contributed by atoms with Gasteiger partial charge in [-0.15, -0.1) is 6.58 Å². The first-order valence-electron chi connectivity index (χ1n) is 9.03. The van der Waals surface area contributed by atoms with Crippen LogP contribution in [-0.4, -0.2) is 21.4 Å². The van der Waals surface area contributed by atoms with Gasteiger partial charge in [0.15, 0.2) is 0 Å². The van der Waals surface area contributed by atoms with Crippen LogP contribution in [-0.2, 0) is 0 Å². The molecule has 0 amide bonds. The van der Waals surface area contributed by atoms with E-state index in [2.05, 4.69) is 27.4 Å². The minimum absolute atomic E-state index is 0.181. The van der Waals surface area contributed by atoms with E-state index >= 15 is 0 Å². The average molecular weight is 309 g/mol. The van der Waals surface area contributed by atoms with Gasteiger partial charge in [0.1, 0.15) is 0 Å². The topological polar surface area (TPSA) is 40.5 Å². The largest absolute Gasteiger partial charge is 0.390 e. The molecule has 2 fully saturated rings. The van der Waals surface area contributed by atoms with Crippen molar-refractivity contribution in [2.45, 2.75) is 90.8 Å². The van der Waals surface area contributed by atoms with Gasteiger partial charge in [-0.2, -0.15) is 0 Å². The number of aliphatic hydroxyl groups is 2. The Morgan fingerprint density at radius 3 is 2.41 bits per heavy atom. The zero-order valence-corrected chi connectivity index (χ0v) is 15.3. The van der Waals surface area contributed by atoms with Gasteiger partial charge in [-0.25, -0.2) is 0 Å². The summed E-state index contributed by atoms with van der Waals surface area (Å²) < 4.78 is 0. The number of hydrogen-bond acceptors (Lipinski definition) is 2. The zero-order valence-electron chi connectivity index (χ0n) is 15.3. The lowest BCUT2D eigenvalue weighted by Gasteiger charge is -2.61. The monoisotopic (exact) mass is 308 g/mol. The maximum atomic E-state index is 11.1. The van der Waals surface area contributed by atoms with Crippen molar-refractivity contribution in [3.63, 3.8) is 0 Å². The van der Waals surface area contributed by atoms with E-state index in [1.807, 2.05) is 13.8 Å². The Bertz CT molecular complexity index is 421. The third-order valence-corrected chi connectivity index (χ3v) is 7.14. The van der Waals surface area contributed by atoms with Gasteiger partial charge in [0, 0.05) is 0 Å². The molecule has 2 rings (SSSR count). The van der Waals surface area contributed by atoms with Crippen molar-refractivity contribution < 1.29 is 10.2 Å². The molecule has 0 saturated heterocycles. The van der Waals surface area contributed by atoms with Crippen molar-refractivity contribution in [3.8, 4) is 0 Å². The Hall–Kier alpha value is -0.340. The molecule has 2 N–H and O–H groups in total. The second kappa shape index (κ2) is 5.63. The Kier molecular flexibility index (Phi) is 4.61. The van der Waals surface area contributed by atoms with Crippen molar-refractivity contribution >= 4 is 0 Å². The maximum Gasteiger partial charge on any atom is 0.0797 e. The van der Waals surface area contributed by atoms with Crippen LogP contribution in [0, 0.1) is 22.7 Å². The molecule has 2 heteroatoms. The fourth-order valence-corrected chi connectivity index (χ4v) is 5.80. The molecule has 0 radical (unpaired) electrons. The van der Waals surface area contributed by atoms with E-state index in [0.717, 1.165) is 19.3 Å². The summed E-state index contributed by atoms with van der Waals surface area (Å²) in [5, 5.41) is 21.4. The van der Waals surface area contributed by atoms with Crippen LogP contribution in [0.5, 0.6) is 0 Å². The molecule has 128 valence electrons. The van der Waals surface area contributed by atoms with Crippen molar-refractivity contribution in [3.05, 3.63) is 12.7 Å². The van der Waals surface area contributed by atoms with Gasteiger partial charge in [-0.3, -0.25) is 0 Å². The fraction of sp³-hybridized carbons (Fsp3) is 0.900. The number of rotatable bonds is 4. The van der Waals surface area contributed by atoms with Crippen LogP contribution in [0.3, 0.4) is 0 Å². The minimum Gasteiger partial charge on any atom is -0.390 e. The van der Waals surface area contributed by atoms with Crippen LogP contribution in [0.2, 0.25) is 0 Å². The summed E-state index contributed by atoms with van der Waals surface area (Å²) >= 11 is 0. The molecule has 22 heavy (non-hydrogen) atoms. The lowest BCUT2D eigenvalue weighted by molar-refractivity contribution is -0.171.